The molecule has 1 aliphatic heterocycles. The van der Waals surface area contributed by atoms with Crippen LogP contribution in [-0.2, 0) is 11.2 Å². The maximum Gasteiger partial charge on any atom is 0.573 e. The summed E-state index contributed by atoms with van der Waals surface area (Å²) in [7, 11) is 0. The number of carbonyl (C=O) groups excluding carboxylic acids is 1. The second-order valence-electron chi connectivity index (χ2n) is 5.94. The molecule has 3 nitrogen and oxygen atoms in total. The van der Waals surface area contributed by atoms with Gasteiger partial charge in [-0.05, 0) is 48.2 Å². The molecule has 1 heterocycles. The van der Waals surface area contributed by atoms with Crippen LogP contribution in [0.3, 0.4) is 0 Å². The Kier molecular flexibility index (Phi) is 4.96. The molecule has 0 fully saturated rings. The van der Waals surface area contributed by atoms with E-state index in [9.17, 15) is 22.4 Å². The monoisotopic (exact) mass is 431 g/mol. The maximum atomic E-state index is 13.3. The van der Waals surface area contributed by atoms with Gasteiger partial charge in [0.1, 0.15) is 16.4 Å². The number of amides is 1. The number of carbonyl (C=O) groups is 1. The number of benzene rings is 2. The van der Waals surface area contributed by atoms with Crippen molar-refractivity contribution in [3.8, 4) is 5.75 Å². The van der Waals surface area contributed by atoms with Crippen LogP contribution in [0.1, 0.15) is 21.5 Å². The molecular formula is C18H14BrF4NO2. The molecule has 0 aliphatic carbocycles. The summed E-state index contributed by atoms with van der Waals surface area (Å²) in [6.45, 7) is 2.04. The van der Waals surface area contributed by atoms with Crippen LogP contribution in [-0.4, -0.2) is 18.8 Å². The van der Waals surface area contributed by atoms with Gasteiger partial charge in [0.05, 0.1) is 5.69 Å². The quantitative estimate of drug-likeness (QED) is 0.502. The summed E-state index contributed by atoms with van der Waals surface area (Å²) >= 11 is 3.33. The van der Waals surface area contributed by atoms with Crippen molar-refractivity contribution in [2.24, 2.45) is 0 Å². The minimum Gasteiger partial charge on any atom is -0.406 e. The molecule has 1 amide bonds. The SMILES string of the molecule is Cc1cc(F)ccc1C(Br)C(=O)N1CCc2ccc(OC(F)(F)F)cc21. The third-order valence-electron chi connectivity index (χ3n) is 4.17. The molecule has 26 heavy (non-hydrogen) atoms. The standard InChI is InChI=1S/C18H14BrF4NO2/c1-10-8-12(20)3-5-14(10)16(19)17(25)24-7-6-11-2-4-13(9-15(11)24)26-18(21,22)23/h2-5,8-9,16H,6-7H2,1H3. The molecular weight excluding hydrogens is 418 g/mol. The number of hydrogen-bond donors (Lipinski definition) is 0. The van der Waals surface area contributed by atoms with Crippen molar-refractivity contribution in [1.29, 1.82) is 0 Å². The summed E-state index contributed by atoms with van der Waals surface area (Å²) in [5.74, 6) is -1.11. The van der Waals surface area contributed by atoms with E-state index in [0.717, 1.165) is 5.56 Å². The van der Waals surface area contributed by atoms with Crippen LogP contribution in [0.25, 0.3) is 0 Å². The minimum atomic E-state index is -4.80. The Morgan fingerprint density at radius 2 is 1.96 bits per heavy atom. The summed E-state index contributed by atoms with van der Waals surface area (Å²) < 4.78 is 54.5. The lowest BCUT2D eigenvalue weighted by Crippen LogP contribution is -2.32. The third-order valence-corrected chi connectivity index (χ3v) is 5.06. The number of aryl methyl sites for hydroxylation is 1. The van der Waals surface area contributed by atoms with E-state index in [1.54, 1.807) is 6.92 Å². The highest BCUT2D eigenvalue weighted by Gasteiger charge is 2.34. The fraction of sp³-hybridized carbons (Fsp3) is 0.278. The van der Waals surface area contributed by atoms with Crippen LogP contribution < -0.4 is 9.64 Å². The van der Waals surface area contributed by atoms with Crippen LogP contribution in [0.5, 0.6) is 5.75 Å². The van der Waals surface area contributed by atoms with Gasteiger partial charge in [-0.2, -0.15) is 0 Å². The average molecular weight is 432 g/mol. The van der Waals surface area contributed by atoms with Crippen LogP contribution in [0, 0.1) is 12.7 Å². The van der Waals surface area contributed by atoms with Crippen molar-refractivity contribution in [3.05, 3.63) is 58.9 Å². The largest absolute Gasteiger partial charge is 0.573 e. The fourth-order valence-corrected chi connectivity index (χ4v) is 3.74. The molecule has 0 radical (unpaired) electrons. The second kappa shape index (κ2) is 6.90. The van der Waals surface area contributed by atoms with Crippen molar-refractivity contribution < 1.29 is 27.1 Å². The van der Waals surface area contributed by atoms with Gasteiger partial charge >= 0.3 is 6.36 Å². The Labute approximate surface area is 155 Å². The normalized spacial score (nSPS) is 14.9. The van der Waals surface area contributed by atoms with Gasteiger partial charge in [0.2, 0.25) is 5.91 Å². The van der Waals surface area contributed by atoms with Crippen molar-refractivity contribution >= 4 is 27.5 Å². The van der Waals surface area contributed by atoms with Gasteiger partial charge in [-0.15, -0.1) is 13.2 Å². The first kappa shape index (κ1) is 18.7. The Balaban J connectivity index is 1.87. The van der Waals surface area contributed by atoms with E-state index in [4.69, 9.17) is 0 Å². The predicted molar refractivity (Wildman–Crippen MR) is 92.0 cm³/mol. The number of ether oxygens (including phenoxy) is 1. The minimum absolute atomic E-state index is 0.331. The van der Waals surface area contributed by atoms with Gasteiger partial charge < -0.3 is 9.64 Å². The maximum absolute atomic E-state index is 13.3. The van der Waals surface area contributed by atoms with Crippen molar-refractivity contribution in [1.82, 2.24) is 0 Å². The van der Waals surface area contributed by atoms with E-state index >= 15 is 0 Å². The van der Waals surface area contributed by atoms with Gasteiger partial charge in [-0.25, -0.2) is 4.39 Å². The van der Waals surface area contributed by atoms with E-state index in [1.807, 2.05) is 0 Å². The third kappa shape index (κ3) is 3.85. The van der Waals surface area contributed by atoms with Gasteiger partial charge in [-0.3, -0.25) is 4.79 Å². The molecule has 1 aliphatic rings. The van der Waals surface area contributed by atoms with Crippen LogP contribution in [0.2, 0.25) is 0 Å². The number of hydrogen-bond acceptors (Lipinski definition) is 2. The smallest absolute Gasteiger partial charge is 0.406 e. The molecule has 0 saturated heterocycles. The highest BCUT2D eigenvalue weighted by molar-refractivity contribution is 9.09. The molecule has 2 aromatic carbocycles. The Morgan fingerprint density at radius 3 is 2.62 bits per heavy atom. The average Bonchev–Trinajstić information content (AvgIpc) is 2.95. The zero-order chi connectivity index (χ0) is 19.1. The van der Waals surface area contributed by atoms with E-state index in [-0.39, 0.29) is 11.7 Å². The number of nitrogens with zero attached hydrogens (tertiary/aromatic N) is 1. The van der Waals surface area contributed by atoms with Gasteiger partial charge in [-0.1, -0.05) is 28.1 Å². The first-order chi connectivity index (χ1) is 12.2. The van der Waals surface area contributed by atoms with Crippen molar-refractivity contribution in [3.63, 3.8) is 0 Å². The molecule has 138 valence electrons. The number of rotatable bonds is 3. The number of fused-ring (bicyclic) bond motifs is 1. The first-order valence-corrected chi connectivity index (χ1v) is 8.67. The zero-order valence-corrected chi connectivity index (χ0v) is 15.2. The van der Waals surface area contributed by atoms with Crippen LogP contribution >= 0.6 is 15.9 Å². The number of anilines is 1. The lowest BCUT2D eigenvalue weighted by atomic mass is 10.0. The Bertz CT molecular complexity index is 854. The summed E-state index contributed by atoms with van der Waals surface area (Å²) in [5, 5.41) is 0. The van der Waals surface area contributed by atoms with E-state index in [1.165, 1.54) is 41.3 Å². The highest BCUT2D eigenvalue weighted by Crippen LogP contribution is 2.37. The van der Waals surface area contributed by atoms with E-state index in [0.29, 0.717) is 29.8 Å². The van der Waals surface area contributed by atoms with Gasteiger partial charge in [0.15, 0.2) is 0 Å². The molecule has 0 N–H and O–H groups in total. The van der Waals surface area contributed by atoms with Crippen molar-refractivity contribution in [2.45, 2.75) is 24.5 Å². The van der Waals surface area contributed by atoms with E-state index in [2.05, 4.69) is 20.7 Å². The lowest BCUT2D eigenvalue weighted by molar-refractivity contribution is -0.274. The number of alkyl halides is 4. The lowest BCUT2D eigenvalue weighted by Gasteiger charge is -2.22. The molecule has 1 unspecified atom stereocenters. The van der Waals surface area contributed by atoms with Crippen LogP contribution in [0.15, 0.2) is 36.4 Å². The highest BCUT2D eigenvalue weighted by atomic mass is 79.9. The summed E-state index contributed by atoms with van der Waals surface area (Å²) in [6, 6.07) is 8.07. The topological polar surface area (TPSA) is 29.5 Å². The fourth-order valence-electron chi connectivity index (χ4n) is 2.98. The Hall–Kier alpha value is -2.09. The number of halogens is 5. The molecule has 8 heteroatoms. The Morgan fingerprint density at radius 1 is 1.23 bits per heavy atom. The summed E-state index contributed by atoms with van der Waals surface area (Å²) in [5.41, 5.74) is 2.37. The molecule has 3 rings (SSSR count). The summed E-state index contributed by atoms with van der Waals surface area (Å²) in [6.07, 6.45) is -4.26. The molecule has 0 saturated carbocycles. The molecule has 2 aromatic rings. The van der Waals surface area contributed by atoms with Crippen molar-refractivity contribution in [2.75, 3.05) is 11.4 Å². The summed E-state index contributed by atoms with van der Waals surface area (Å²) in [4.78, 5) is 13.5. The molecule has 1 atom stereocenters. The predicted octanol–water partition coefficient (Wildman–Crippen LogP) is 5.06. The molecule has 0 bridgehead atoms. The zero-order valence-electron chi connectivity index (χ0n) is 13.6. The molecule has 0 aromatic heterocycles. The second-order valence-corrected chi connectivity index (χ2v) is 6.86. The van der Waals surface area contributed by atoms with Crippen LogP contribution in [0.4, 0.5) is 23.2 Å². The van der Waals surface area contributed by atoms with E-state index < -0.39 is 17.0 Å². The van der Waals surface area contributed by atoms with Gasteiger partial charge in [0, 0.05) is 12.6 Å². The molecule has 0 spiro atoms. The first-order valence-electron chi connectivity index (χ1n) is 7.76. The van der Waals surface area contributed by atoms with Gasteiger partial charge in [0.25, 0.3) is 0 Å².